The second-order valence-corrected chi connectivity index (χ2v) is 11.8. The quantitative estimate of drug-likeness (QED) is 0.312. The van der Waals surface area contributed by atoms with Gasteiger partial charge in [0.2, 0.25) is 0 Å². The number of ether oxygens (including phenoxy) is 1. The van der Waals surface area contributed by atoms with Crippen molar-refractivity contribution < 1.29 is 4.74 Å². The van der Waals surface area contributed by atoms with E-state index >= 15 is 0 Å². The molecule has 1 aliphatic heterocycles. The van der Waals surface area contributed by atoms with Gasteiger partial charge >= 0.3 is 0 Å². The van der Waals surface area contributed by atoms with E-state index in [-0.39, 0.29) is 0 Å². The standard InChI is InChI=1S/C28H35N2OPS/c1-4-27(33-3)28(29-30-20-12-13-22(30)21-31-2)25-18-11-19-26(25)32(23-14-7-5-8-15-23)24-16-9-6-10-17-24/h5-11,14-18,22,27H,4,12-13,19-21H2,1-3H3/b29-28-. The van der Waals surface area contributed by atoms with Crippen LogP contribution < -0.4 is 10.6 Å². The molecule has 4 rings (SSSR count). The molecule has 1 aliphatic carbocycles. The minimum atomic E-state index is -0.610. The van der Waals surface area contributed by atoms with Gasteiger partial charge < -0.3 is 4.74 Å². The summed E-state index contributed by atoms with van der Waals surface area (Å²) in [5.41, 5.74) is 2.61. The van der Waals surface area contributed by atoms with Crippen molar-refractivity contribution in [1.82, 2.24) is 5.01 Å². The number of hydrogen-bond acceptors (Lipinski definition) is 4. The summed E-state index contributed by atoms with van der Waals surface area (Å²) in [7, 11) is 1.19. The van der Waals surface area contributed by atoms with Gasteiger partial charge in [-0.05, 0) is 55.8 Å². The van der Waals surface area contributed by atoms with Crippen molar-refractivity contribution in [2.75, 3.05) is 26.5 Å². The zero-order valence-electron chi connectivity index (χ0n) is 20.0. The molecule has 2 aliphatic rings. The van der Waals surface area contributed by atoms with Crippen LogP contribution in [-0.2, 0) is 4.74 Å². The highest BCUT2D eigenvalue weighted by Crippen LogP contribution is 2.49. The molecule has 33 heavy (non-hydrogen) atoms. The molecule has 2 aromatic carbocycles. The van der Waals surface area contributed by atoms with Gasteiger partial charge in [0.25, 0.3) is 0 Å². The van der Waals surface area contributed by atoms with Crippen molar-refractivity contribution in [3.63, 3.8) is 0 Å². The fraction of sp³-hybridized carbons (Fsp3) is 0.393. The highest BCUT2D eigenvalue weighted by Gasteiger charge is 2.30. The van der Waals surface area contributed by atoms with Crippen molar-refractivity contribution >= 4 is 36.0 Å². The summed E-state index contributed by atoms with van der Waals surface area (Å²) in [6.45, 7) is 4.04. The van der Waals surface area contributed by atoms with Crippen LogP contribution in [0, 0.1) is 0 Å². The molecule has 2 unspecified atom stereocenters. The van der Waals surface area contributed by atoms with Gasteiger partial charge in [0.05, 0.1) is 18.4 Å². The predicted octanol–water partition coefficient (Wildman–Crippen LogP) is 5.94. The molecule has 2 atom stereocenters. The van der Waals surface area contributed by atoms with E-state index in [2.05, 4.69) is 91.0 Å². The summed E-state index contributed by atoms with van der Waals surface area (Å²) < 4.78 is 5.51. The van der Waals surface area contributed by atoms with E-state index in [1.54, 1.807) is 7.11 Å². The van der Waals surface area contributed by atoms with Crippen LogP contribution in [0.5, 0.6) is 0 Å². The number of methoxy groups -OCH3 is 1. The van der Waals surface area contributed by atoms with Crippen molar-refractivity contribution in [3.05, 3.63) is 83.7 Å². The summed E-state index contributed by atoms with van der Waals surface area (Å²) in [5, 5.41) is 12.4. The maximum atomic E-state index is 5.51. The Labute approximate surface area is 204 Å². The number of thioether (sulfide) groups is 1. The Balaban J connectivity index is 1.83. The fourth-order valence-electron chi connectivity index (χ4n) is 4.77. The number of hydrogen-bond donors (Lipinski definition) is 0. The van der Waals surface area contributed by atoms with E-state index in [1.165, 1.54) is 33.6 Å². The Morgan fingerprint density at radius 1 is 1.12 bits per heavy atom. The molecule has 0 aromatic heterocycles. The summed E-state index contributed by atoms with van der Waals surface area (Å²) in [4.78, 5) is 0. The second-order valence-electron chi connectivity index (χ2n) is 8.51. The summed E-state index contributed by atoms with van der Waals surface area (Å²) in [5.74, 6) is 0. The number of rotatable bonds is 10. The molecule has 3 nitrogen and oxygen atoms in total. The summed E-state index contributed by atoms with van der Waals surface area (Å²) in [6, 6.07) is 22.4. The molecule has 1 saturated heterocycles. The first-order valence-electron chi connectivity index (χ1n) is 11.9. The first-order chi connectivity index (χ1) is 16.3. The van der Waals surface area contributed by atoms with E-state index in [0.29, 0.717) is 11.3 Å². The highest BCUT2D eigenvalue weighted by molar-refractivity contribution is 8.00. The van der Waals surface area contributed by atoms with Crippen LogP contribution in [0.3, 0.4) is 0 Å². The third-order valence-electron chi connectivity index (χ3n) is 6.38. The molecular weight excluding hydrogens is 443 g/mol. The third-order valence-corrected chi connectivity index (χ3v) is 10.1. The van der Waals surface area contributed by atoms with Crippen LogP contribution >= 0.6 is 19.7 Å². The Morgan fingerprint density at radius 3 is 2.36 bits per heavy atom. The van der Waals surface area contributed by atoms with Crippen molar-refractivity contribution in [2.24, 2.45) is 5.10 Å². The SMILES string of the molecule is CCC(SC)/C(=N\N1CCCC1COC)C1=C(P(c2ccccc2)c2ccccc2)CC=C1. The number of nitrogens with zero attached hydrogens (tertiary/aromatic N) is 2. The van der Waals surface area contributed by atoms with Gasteiger partial charge in [0, 0.05) is 24.5 Å². The van der Waals surface area contributed by atoms with E-state index in [9.17, 15) is 0 Å². The molecule has 0 N–H and O–H groups in total. The maximum absolute atomic E-state index is 5.51. The highest BCUT2D eigenvalue weighted by atomic mass is 32.2. The van der Waals surface area contributed by atoms with E-state index < -0.39 is 7.92 Å². The van der Waals surface area contributed by atoms with Crippen molar-refractivity contribution in [3.8, 4) is 0 Å². The predicted molar refractivity (Wildman–Crippen MR) is 146 cm³/mol. The monoisotopic (exact) mass is 478 g/mol. The summed E-state index contributed by atoms with van der Waals surface area (Å²) >= 11 is 1.92. The zero-order chi connectivity index (χ0) is 23.0. The Morgan fingerprint density at radius 2 is 1.79 bits per heavy atom. The first kappa shape index (κ1) is 24.3. The van der Waals surface area contributed by atoms with Gasteiger partial charge in [-0.2, -0.15) is 16.9 Å². The van der Waals surface area contributed by atoms with E-state index in [1.807, 2.05) is 11.8 Å². The van der Waals surface area contributed by atoms with Gasteiger partial charge in [0.15, 0.2) is 0 Å². The largest absolute Gasteiger partial charge is 0.382 e. The lowest BCUT2D eigenvalue weighted by molar-refractivity contribution is 0.118. The Kier molecular flexibility index (Phi) is 8.83. The molecule has 1 heterocycles. The second kappa shape index (κ2) is 12.0. The van der Waals surface area contributed by atoms with Crippen molar-refractivity contribution in [1.29, 1.82) is 0 Å². The average molecular weight is 479 g/mol. The van der Waals surface area contributed by atoms with Crippen LogP contribution in [0.25, 0.3) is 0 Å². The lowest BCUT2D eigenvalue weighted by atomic mass is 10.1. The number of benzene rings is 2. The lowest BCUT2D eigenvalue weighted by Crippen LogP contribution is -2.32. The molecule has 0 bridgehead atoms. The van der Waals surface area contributed by atoms with Crippen LogP contribution in [0.15, 0.2) is 88.8 Å². The molecule has 5 heteroatoms. The van der Waals surface area contributed by atoms with E-state index in [4.69, 9.17) is 9.84 Å². The lowest BCUT2D eigenvalue weighted by Gasteiger charge is -2.27. The van der Waals surface area contributed by atoms with Crippen LogP contribution in [0.2, 0.25) is 0 Å². The average Bonchev–Trinajstić information content (AvgIpc) is 3.51. The van der Waals surface area contributed by atoms with Gasteiger partial charge in [0.1, 0.15) is 0 Å². The van der Waals surface area contributed by atoms with Crippen LogP contribution in [0.1, 0.15) is 32.6 Å². The number of allylic oxidation sites excluding steroid dienone is 4. The minimum absolute atomic E-state index is 0.378. The maximum Gasteiger partial charge on any atom is 0.0810 e. The number of hydrazone groups is 1. The van der Waals surface area contributed by atoms with Gasteiger partial charge in [-0.15, -0.1) is 0 Å². The molecule has 0 amide bonds. The molecular formula is C28H35N2OPS. The third kappa shape index (κ3) is 5.62. The smallest absolute Gasteiger partial charge is 0.0810 e. The first-order valence-corrected chi connectivity index (χ1v) is 14.6. The topological polar surface area (TPSA) is 24.8 Å². The Bertz CT molecular complexity index is 946. The molecule has 0 spiro atoms. The fourth-order valence-corrected chi connectivity index (χ4v) is 8.08. The summed E-state index contributed by atoms with van der Waals surface area (Å²) in [6.07, 6.45) is 11.3. The van der Waals surface area contributed by atoms with Gasteiger partial charge in [-0.1, -0.05) is 79.7 Å². The normalized spacial score (nSPS) is 19.7. The molecule has 0 radical (unpaired) electrons. The molecule has 1 fully saturated rings. The Hall–Kier alpha value is -1.87. The minimum Gasteiger partial charge on any atom is -0.382 e. The van der Waals surface area contributed by atoms with Gasteiger partial charge in [-0.3, -0.25) is 5.01 Å². The van der Waals surface area contributed by atoms with Crippen LogP contribution in [-0.4, -0.2) is 48.5 Å². The molecule has 174 valence electrons. The van der Waals surface area contributed by atoms with Crippen LogP contribution in [0.4, 0.5) is 0 Å². The van der Waals surface area contributed by atoms with Gasteiger partial charge in [-0.25, -0.2) is 0 Å². The zero-order valence-corrected chi connectivity index (χ0v) is 21.7. The molecule has 0 saturated carbocycles. The molecule has 2 aromatic rings. The van der Waals surface area contributed by atoms with Crippen molar-refractivity contribution in [2.45, 2.75) is 43.9 Å². The van der Waals surface area contributed by atoms with E-state index in [0.717, 1.165) is 32.4 Å².